The van der Waals surface area contributed by atoms with Gasteiger partial charge < -0.3 is 5.11 Å². The van der Waals surface area contributed by atoms with Gasteiger partial charge in [0.2, 0.25) is 0 Å². The molecular formula is C2H5LiO2S. The second kappa shape index (κ2) is 5.42. The van der Waals surface area contributed by atoms with Crippen molar-refractivity contribution in [2.75, 3.05) is 5.75 Å². The molecule has 0 saturated carbocycles. The zero-order valence-corrected chi connectivity index (χ0v) is 3.40. The SMILES string of the molecule is O=C(O)CS.[LiH]. The third kappa shape index (κ3) is 8.83. The van der Waals surface area contributed by atoms with Crippen LogP contribution in [0.5, 0.6) is 0 Å². The summed E-state index contributed by atoms with van der Waals surface area (Å²) in [7, 11) is 0. The molecule has 2 nitrogen and oxygen atoms in total. The normalized spacial score (nSPS) is 6.17. The van der Waals surface area contributed by atoms with E-state index in [2.05, 4.69) is 12.6 Å². The summed E-state index contributed by atoms with van der Waals surface area (Å²) < 4.78 is 0. The summed E-state index contributed by atoms with van der Waals surface area (Å²) in [5.74, 6) is -0.965. The summed E-state index contributed by atoms with van der Waals surface area (Å²) in [6, 6.07) is 0. The van der Waals surface area contributed by atoms with Crippen molar-refractivity contribution in [3.63, 3.8) is 0 Å². The number of aliphatic carboxylic acids is 1. The van der Waals surface area contributed by atoms with Gasteiger partial charge in [0, 0.05) is 0 Å². The average molecular weight is 100 g/mol. The van der Waals surface area contributed by atoms with E-state index in [-0.39, 0.29) is 24.6 Å². The van der Waals surface area contributed by atoms with Crippen molar-refractivity contribution in [2.24, 2.45) is 0 Å². The molecule has 6 heavy (non-hydrogen) atoms. The Bertz CT molecular complexity index is 46.8. The average Bonchev–Trinajstić information content (AvgIpc) is 1.38. The summed E-state index contributed by atoms with van der Waals surface area (Å²) in [6.07, 6.45) is 0. The molecule has 0 heterocycles. The van der Waals surface area contributed by atoms with Crippen LogP contribution in [0.3, 0.4) is 0 Å². The summed E-state index contributed by atoms with van der Waals surface area (Å²) >= 11 is 3.42. The van der Waals surface area contributed by atoms with Gasteiger partial charge in [-0.05, 0) is 0 Å². The third-order valence-electron chi connectivity index (χ3n) is 0.135. The number of carboxylic acids is 1. The van der Waals surface area contributed by atoms with Crippen molar-refractivity contribution in [1.29, 1.82) is 0 Å². The van der Waals surface area contributed by atoms with E-state index in [0.717, 1.165) is 0 Å². The van der Waals surface area contributed by atoms with E-state index in [9.17, 15) is 4.79 Å². The third-order valence-corrected chi connectivity index (χ3v) is 0.406. The first-order chi connectivity index (χ1) is 2.27. The van der Waals surface area contributed by atoms with Crippen LogP contribution in [0.4, 0.5) is 0 Å². The van der Waals surface area contributed by atoms with Gasteiger partial charge in [-0.2, -0.15) is 12.6 Å². The van der Waals surface area contributed by atoms with Crippen LogP contribution in [0.1, 0.15) is 0 Å². The molecule has 0 amide bonds. The van der Waals surface area contributed by atoms with Crippen LogP contribution in [-0.2, 0) is 4.79 Å². The minimum absolute atomic E-state index is 0. The van der Waals surface area contributed by atoms with E-state index in [4.69, 9.17) is 5.11 Å². The van der Waals surface area contributed by atoms with E-state index in [0.29, 0.717) is 0 Å². The fraction of sp³-hybridized carbons (Fsp3) is 0.500. The van der Waals surface area contributed by atoms with Crippen LogP contribution in [0.25, 0.3) is 0 Å². The van der Waals surface area contributed by atoms with Crippen molar-refractivity contribution in [3.05, 3.63) is 0 Å². The van der Waals surface area contributed by atoms with E-state index in [1.165, 1.54) is 0 Å². The van der Waals surface area contributed by atoms with Crippen LogP contribution >= 0.6 is 12.6 Å². The number of rotatable bonds is 1. The van der Waals surface area contributed by atoms with Gasteiger partial charge in [-0.1, -0.05) is 0 Å². The number of thiol groups is 1. The topological polar surface area (TPSA) is 37.3 Å². The summed E-state index contributed by atoms with van der Waals surface area (Å²) in [5, 5.41) is 7.65. The molecule has 1 N–H and O–H groups in total. The predicted molar refractivity (Wildman–Crippen MR) is 28.6 cm³/mol. The molecule has 0 bridgehead atoms. The Morgan fingerprint density at radius 1 is 1.83 bits per heavy atom. The molecule has 4 heteroatoms. The fourth-order valence-electron chi connectivity index (χ4n) is 0. The number of hydrogen-bond donors (Lipinski definition) is 2. The van der Waals surface area contributed by atoms with Crippen molar-refractivity contribution in [2.45, 2.75) is 0 Å². The molecule has 0 aromatic rings. The molecule has 0 saturated heterocycles. The number of carboxylic acid groups (broad SMARTS) is 1. The van der Waals surface area contributed by atoms with Crippen LogP contribution < -0.4 is 0 Å². The molecule has 0 aromatic heterocycles. The quantitative estimate of drug-likeness (QED) is 0.339. The molecule has 0 unspecified atom stereocenters. The Balaban J connectivity index is 0. The zero-order valence-electron chi connectivity index (χ0n) is 2.51. The first kappa shape index (κ1) is 9.65. The van der Waals surface area contributed by atoms with Crippen LogP contribution in [-0.4, -0.2) is 35.7 Å². The number of carbonyl (C=O) groups is 1. The van der Waals surface area contributed by atoms with Crippen molar-refractivity contribution in [1.82, 2.24) is 0 Å². The molecule has 0 aliphatic heterocycles. The maximum atomic E-state index is 9.29. The molecule has 0 aromatic carbocycles. The second-order valence-electron chi connectivity index (χ2n) is 0.552. The van der Waals surface area contributed by atoms with Crippen molar-refractivity contribution in [3.8, 4) is 0 Å². The van der Waals surface area contributed by atoms with Gasteiger partial charge in [0.15, 0.2) is 0 Å². The van der Waals surface area contributed by atoms with Gasteiger partial charge >= 0.3 is 24.8 Å². The Hall–Kier alpha value is 0.417. The van der Waals surface area contributed by atoms with Crippen LogP contribution in [0.2, 0.25) is 0 Å². The first-order valence-corrected chi connectivity index (χ1v) is 1.73. The maximum absolute atomic E-state index is 9.29. The Morgan fingerprint density at radius 3 is 2.00 bits per heavy atom. The fourth-order valence-corrected chi connectivity index (χ4v) is 0. The predicted octanol–water partition coefficient (Wildman–Crippen LogP) is -0.648. The molecule has 0 atom stereocenters. The molecule has 0 fully saturated rings. The van der Waals surface area contributed by atoms with Crippen molar-refractivity contribution < 1.29 is 9.90 Å². The van der Waals surface area contributed by atoms with Gasteiger partial charge in [-0.25, -0.2) is 0 Å². The van der Waals surface area contributed by atoms with E-state index in [1.807, 2.05) is 0 Å². The van der Waals surface area contributed by atoms with E-state index >= 15 is 0 Å². The van der Waals surface area contributed by atoms with Gasteiger partial charge in [0.25, 0.3) is 0 Å². The van der Waals surface area contributed by atoms with Gasteiger partial charge in [0.1, 0.15) is 0 Å². The molecule has 0 rings (SSSR count). The van der Waals surface area contributed by atoms with Crippen LogP contribution in [0.15, 0.2) is 0 Å². The van der Waals surface area contributed by atoms with Gasteiger partial charge in [-0.15, -0.1) is 0 Å². The summed E-state index contributed by atoms with van der Waals surface area (Å²) in [6.45, 7) is 0. The standard InChI is InChI=1S/C2H4O2S.Li.H/c3-2(4)1-5;;/h5H,1H2,(H,3,4);;. The minimum atomic E-state index is -0.881. The first-order valence-electron chi connectivity index (χ1n) is 1.10. The monoisotopic (exact) mass is 100 g/mol. The van der Waals surface area contributed by atoms with Gasteiger partial charge in [0.05, 0.1) is 5.75 Å². The zero-order chi connectivity index (χ0) is 4.28. The summed E-state index contributed by atoms with van der Waals surface area (Å²) in [5.41, 5.74) is 0. The Morgan fingerprint density at radius 2 is 2.00 bits per heavy atom. The molecule has 0 aliphatic rings. The van der Waals surface area contributed by atoms with Gasteiger partial charge in [-0.3, -0.25) is 4.79 Å². The molecule has 0 aliphatic carbocycles. The molecule has 32 valence electrons. The Labute approximate surface area is 53.5 Å². The number of hydrogen-bond acceptors (Lipinski definition) is 2. The van der Waals surface area contributed by atoms with E-state index in [1.54, 1.807) is 0 Å². The molecule has 0 spiro atoms. The Kier molecular flexibility index (Phi) is 8.71. The van der Waals surface area contributed by atoms with Crippen LogP contribution in [0, 0.1) is 0 Å². The van der Waals surface area contributed by atoms with Crippen molar-refractivity contribution >= 4 is 37.5 Å². The molecular weight excluding hydrogens is 95.0 g/mol. The second-order valence-corrected chi connectivity index (χ2v) is 0.868. The van der Waals surface area contributed by atoms with E-state index < -0.39 is 5.97 Å². The molecule has 0 radical (unpaired) electrons. The summed E-state index contributed by atoms with van der Waals surface area (Å²) in [4.78, 5) is 9.29.